The summed E-state index contributed by atoms with van der Waals surface area (Å²) in [5.74, 6) is -2.20. The highest BCUT2D eigenvalue weighted by molar-refractivity contribution is 9.10. The Bertz CT molecular complexity index is 529. The number of benzene rings is 1. The number of nitrogens with two attached hydrogens (primary N) is 1. The number of primary amides is 1. The van der Waals surface area contributed by atoms with Crippen LogP contribution in [0.5, 0.6) is 0 Å². The van der Waals surface area contributed by atoms with E-state index in [4.69, 9.17) is 5.73 Å². The van der Waals surface area contributed by atoms with Gasteiger partial charge in [0, 0.05) is 4.47 Å². The van der Waals surface area contributed by atoms with Crippen molar-refractivity contribution in [3.05, 3.63) is 28.0 Å². The van der Waals surface area contributed by atoms with Crippen molar-refractivity contribution in [3.8, 4) is 0 Å². The first-order chi connectivity index (χ1) is 6.73. The van der Waals surface area contributed by atoms with Crippen LogP contribution in [0.3, 0.4) is 0 Å². The molecule has 0 saturated carbocycles. The molecule has 1 rings (SSSR count). The summed E-state index contributed by atoms with van der Waals surface area (Å²) >= 11 is 2.65. The summed E-state index contributed by atoms with van der Waals surface area (Å²) in [4.78, 5) is 9.83. The van der Waals surface area contributed by atoms with Crippen LogP contribution < -0.4 is 5.73 Å². The van der Waals surface area contributed by atoms with Crippen LogP contribution in [0.1, 0.15) is 10.4 Å². The second-order valence-corrected chi connectivity index (χ2v) is 4.73. The topological polar surface area (TPSA) is 77.2 Å². The monoisotopic (exact) mass is 299 g/mol. The molecular formula is C7H4BrF2NO3S. The van der Waals surface area contributed by atoms with Gasteiger partial charge in [0.25, 0.3) is 5.91 Å². The fraction of sp³-hybridized carbons (Fsp3) is 0. The van der Waals surface area contributed by atoms with Crippen molar-refractivity contribution in [2.45, 2.75) is 4.90 Å². The molecular weight excluding hydrogens is 296 g/mol. The Balaban J connectivity index is 3.58. The zero-order valence-corrected chi connectivity index (χ0v) is 9.40. The molecule has 82 valence electrons. The van der Waals surface area contributed by atoms with Crippen LogP contribution in [0, 0.1) is 5.82 Å². The van der Waals surface area contributed by atoms with Gasteiger partial charge >= 0.3 is 10.2 Å². The van der Waals surface area contributed by atoms with E-state index in [-0.39, 0.29) is 4.47 Å². The summed E-state index contributed by atoms with van der Waals surface area (Å²) in [6, 6.07) is 1.20. The van der Waals surface area contributed by atoms with E-state index in [1.807, 2.05) is 0 Å². The fourth-order valence-corrected chi connectivity index (χ4v) is 2.35. The molecule has 15 heavy (non-hydrogen) atoms. The van der Waals surface area contributed by atoms with Crippen molar-refractivity contribution >= 4 is 32.1 Å². The Morgan fingerprint density at radius 3 is 2.33 bits per heavy atom. The summed E-state index contributed by atoms with van der Waals surface area (Å²) in [6.45, 7) is 0. The predicted octanol–water partition coefficient (Wildman–Crippen LogP) is 1.35. The SMILES string of the molecule is NC(=O)c1cc(S(=O)(=O)F)c(Br)cc1F. The molecule has 2 N–H and O–H groups in total. The summed E-state index contributed by atoms with van der Waals surface area (Å²) in [5.41, 5.74) is 4.08. The predicted molar refractivity (Wildman–Crippen MR) is 50.9 cm³/mol. The van der Waals surface area contributed by atoms with E-state index in [0.29, 0.717) is 12.1 Å². The molecule has 1 aromatic rings. The Labute approximate surface area is 92.4 Å². The van der Waals surface area contributed by atoms with Gasteiger partial charge in [0.2, 0.25) is 0 Å². The van der Waals surface area contributed by atoms with Gasteiger partial charge in [0.15, 0.2) is 0 Å². The standard InChI is InChI=1S/C7H4BrF2NO3S/c8-4-2-5(9)3(7(11)12)1-6(4)15(10,13)14/h1-2H,(H2,11,12). The largest absolute Gasteiger partial charge is 0.366 e. The second kappa shape index (κ2) is 3.86. The lowest BCUT2D eigenvalue weighted by Gasteiger charge is -2.03. The fourth-order valence-electron chi connectivity index (χ4n) is 0.905. The third kappa shape index (κ3) is 2.51. The Kier molecular flexibility index (Phi) is 3.10. The summed E-state index contributed by atoms with van der Waals surface area (Å²) in [6.07, 6.45) is 0. The first-order valence-electron chi connectivity index (χ1n) is 3.47. The van der Waals surface area contributed by atoms with E-state index < -0.39 is 32.4 Å². The third-order valence-electron chi connectivity index (χ3n) is 1.55. The third-order valence-corrected chi connectivity index (χ3v) is 3.33. The molecule has 0 unspecified atom stereocenters. The van der Waals surface area contributed by atoms with Gasteiger partial charge < -0.3 is 5.73 Å². The molecule has 8 heteroatoms. The van der Waals surface area contributed by atoms with E-state index in [0.717, 1.165) is 0 Å². The minimum absolute atomic E-state index is 0.312. The van der Waals surface area contributed by atoms with Gasteiger partial charge in [0.1, 0.15) is 10.7 Å². The van der Waals surface area contributed by atoms with Crippen LogP contribution in [0.15, 0.2) is 21.5 Å². The van der Waals surface area contributed by atoms with Gasteiger partial charge in [0.05, 0.1) is 5.56 Å². The zero-order valence-electron chi connectivity index (χ0n) is 7.00. The molecule has 0 aliphatic rings. The first-order valence-corrected chi connectivity index (χ1v) is 5.64. The Morgan fingerprint density at radius 1 is 1.40 bits per heavy atom. The Hall–Kier alpha value is -1.02. The maximum atomic E-state index is 13.0. The van der Waals surface area contributed by atoms with Crippen molar-refractivity contribution in [1.82, 2.24) is 0 Å². The molecule has 0 aliphatic carbocycles. The van der Waals surface area contributed by atoms with E-state index in [1.54, 1.807) is 0 Å². The molecule has 0 radical (unpaired) electrons. The van der Waals surface area contributed by atoms with E-state index in [1.165, 1.54) is 0 Å². The van der Waals surface area contributed by atoms with Crippen LogP contribution in [0.25, 0.3) is 0 Å². The molecule has 0 spiro atoms. The van der Waals surface area contributed by atoms with Crippen molar-refractivity contribution in [1.29, 1.82) is 0 Å². The van der Waals surface area contributed by atoms with Gasteiger partial charge in [-0.1, -0.05) is 0 Å². The van der Waals surface area contributed by atoms with E-state index >= 15 is 0 Å². The van der Waals surface area contributed by atoms with Crippen LogP contribution >= 0.6 is 15.9 Å². The van der Waals surface area contributed by atoms with Gasteiger partial charge in [-0.25, -0.2) is 4.39 Å². The molecule has 0 fully saturated rings. The van der Waals surface area contributed by atoms with Crippen molar-refractivity contribution < 1.29 is 21.5 Å². The summed E-state index contributed by atoms with van der Waals surface area (Å²) in [7, 11) is -5.03. The number of halogens is 3. The van der Waals surface area contributed by atoms with E-state index in [9.17, 15) is 21.5 Å². The maximum absolute atomic E-state index is 13.0. The first kappa shape index (κ1) is 12.1. The molecule has 0 aromatic heterocycles. The number of hydrogen-bond acceptors (Lipinski definition) is 3. The number of carbonyl (C=O) groups excluding carboxylic acids is 1. The average molecular weight is 300 g/mol. The van der Waals surface area contributed by atoms with Crippen molar-refractivity contribution in [3.63, 3.8) is 0 Å². The van der Waals surface area contributed by atoms with Crippen molar-refractivity contribution in [2.24, 2.45) is 5.73 Å². The second-order valence-electron chi connectivity index (χ2n) is 2.56. The smallest absolute Gasteiger partial charge is 0.333 e. The number of rotatable bonds is 2. The molecule has 1 amide bonds. The molecule has 0 saturated heterocycles. The number of amides is 1. The molecule has 0 heterocycles. The highest BCUT2D eigenvalue weighted by Crippen LogP contribution is 2.26. The zero-order chi connectivity index (χ0) is 11.8. The van der Waals surface area contributed by atoms with Crippen LogP contribution in [-0.2, 0) is 10.2 Å². The minimum Gasteiger partial charge on any atom is -0.366 e. The minimum atomic E-state index is -5.03. The van der Waals surface area contributed by atoms with Crippen molar-refractivity contribution in [2.75, 3.05) is 0 Å². The molecule has 4 nitrogen and oxygen atoms in total. The molecule has 1 aromatic carbocycles. The van der Waals surface area contributed by atoms with Gasteiger partial charge in [-0.05, 0) is 28.1 Å². The lowest BCUT2D eigenvalue weighted by atomic mass is 10.2. The molecule has 0 bridgehead atoms. The quantitative estimate of drug-likeness (QED) is 0.837. The number of hydrogen-bond donors (Lipinski definition) is 1. The lowest BCUT2D eigenvalue weighted by molar-refractivity contribution is 0.0996. The normalized spacial score (nSPS) is 11.4. The molecule has 0 aliphatic heterocycles. The van der Waals surface area contributed by atoms with Crippen LogP contribution in [-0.4, -0.2) is 14.3 Å². The van der Waals surface area contributed by atoms with Gasteiger partial charge in [-0.2, -0.15) is 8.42 Å². The lowest BCUT2D eigenvalue weighted by Crippen LogP contribution is -2.14. The summed E-state index contributed by atoms with van der Waals surface area (Å²) in [5, 5.41) is 0. The van der Waals surface area contributed by atoms with Gasteiger partial charge in [-0.15, -0.1) is 3.89 Å². The van der Waals surface area contributed by atoms with Gasteiger partial charge in [-0.3, -0.25) is 4.79 Å². The number of carbonyl (C=O) groups is 1. The highest BCUT2D eigenvalue weighted by atomic mass is 79.9. The van der Waals surface area contributed by atoms with Crippen LogP contribution in [0.4, 0.5) is 8.28 Å². The Morgan fingerprint density at radius 2 is 1.93 bits per heavy atom. The van der Waals surface area contributed by atoms with Crippen LogP contribution in [0.2, 0.25) is 0 Å². The summed E-state index contributed by atoms with van der Waals surface area (Å²) < 4.78 is 46.5. The molecule has 0 atom stereocenters. The maximum Gasteiger partial charge on any atom is 0.333 e. The average Bonchev–Trinajstić information content (AvgIpc) is 2.00. The van der Waals surface area contributed by atoms with E-state index in [2.05, 4.69) is 15.9 Å². The highest BCUT2D eigenvalue weighted by Gasteiger charge is 2.21.